The van der Waals surface area contributed by atoms with Gasteiger partial charge < -0.3 is 10.1 Å². The predicted molar refractivity (Wildman–Crippen MR) is 116 cm³/mol. The number of anilines is 2. The average molecular weight is 420 g/mol. The van der Waals surface area contributed by atoms with Crippen LogP contribution in [-0.4, -0.2) is 33.1 Å². The van der Waals surface area contributed by atoms with Gasteiger partial charge in [0.2, 0.25) is 5.95 Å². The zero-order valence-electron chi connectivity index (χ0n) is 16.3. The molecule has 2 aromatic carbocycles. The number of nitrogens with one attached hydrogen (secondary N) is 2. The second-order valence-corrected chi connectivity index (χ2v) is 6.94. The van der Waals surface area contributed by atoms with Crippen LogP contribution in [0.2, 0.25) is 5.02 Å². The number of hydrogen-bond donors (Lipinski definition) is 2. The van der Waals surface area contributed by atoms with Crippen molar-refractivity contribution in [3.05, 3.63) is 71.5 Å². The highest BCUT2D eigenvalue weighted by Crippen LogP contribution is 2.34. The molecule has 0 atom stereocenters. The van der Waals surface area contributed by atoms with Crippen LogP contribution in [0.5, 0.6) is 5.75 Å². The summed E-state index contributed by atoms with van der Waals surface area (Å²) >= 11 is 6.14. The lowest BCUT2D eigenvalue weighted by molar-refractivity contribution is 0.101. The number of ether oxygens (including phenoxy) is 1. The molecule has 0 amide bonds. The lowest BCUT2D eigenvalue weighted by atomic mass is 10.1. The summed E-state index contributed by atoms with van der Waals surface area (Å²) in [6.07, 6.45) is 3.37. The van der Waals surface area contributed by atoms with E-state index in [0.29, 0.717) is 28.0 Å². The molecule has 30 heavy (non-hydrogen) atoms. The Morgan fingerprint density at radius 3 is 2.83 bits per heavy atom. The Kier molecular flexibility index (Phi) is 5.45. The Hall–Kier alpha value is -3.71. The highest BCUT2D eigenvalue weighted by Gasteiger charge is 2.14. The molecule has 0 aliphatic heterocycles. The number of hydrogen-bond acceptors (Lipinski definition) is 6. The van der Waals surface area contributed by atoms with E-state index in [0.717, 1.165) is 22.5 Å². The van der Waals surface area contributed by atoms with Gasteiger partial charge in [0.1, 0.15) is 5.75 Å². The number of carbonyl (C=O) groups excluding carboxylic acids is 1. The summed E-state index contributed by atoms with van der Waals surface area (Å²) < 4.78 is 5.32. The molecule has 0 fully saturated rings. The third kappa shape index (κ3) is 4.01. The number of aromatic amines is 1. The third-order valence-electron chi connectivity index (χ3n) is 4.54. The van der Waals surface area contributed by atoms with Crippen molar-refractivity contribution in [1.82, 2.24) is 20.2 Å². The Balaban J connectivity index is 1.67. The quantitative estimate of drug-likeness (QED) is 0.420. The standard InChI is InChI=1S/C22H18ClN5O2/c1-13(29)14-4-3-5-16(10-14)26-22-24-9-8-19(27-22)17-12-25-28-21(17)15-6-7-18(23)20(11-15)30-2/h3-12H,1-2H3,(H,25,28)(H,24,26,27). The number of rotatable bonds is 6. The summed E-state index contributed by atoms with van der Waals surface area (Å²) in [7, 11) is 1.57. The van der Waals surface area contributed by atoms with Gasteiger partial charge in [-0.2, -0.15) is 5.10 Å². The maximum absolute atomic E-state index is 11.6. The first kappa shape index (κ1) is 19.6. The Morgan fingerprint density at radius 2 is 2.03 bits per heavy atom. The molecule has 2 aromatic heterocycles. The van der Waals surface area contributed by atoms with Crippen LogP contribution in [0.1, 0.15) is 17.3 Å². The van der Waals surface area contributed by atoms with Crippen LogP contribution >= 0.6 is 11.6 Å². The van der Waals surface area contributed by atoms with Crippen molar-refractivity contribution >= 4 is 29.0 Å². The highest BCUT2D eigenvalue weighted by molar-refractivity contribution is 6.32. The van der Waals surface area contributed by atoms with Gasteiger partial charge in [-0.25, -0.2) is 9.97 Å². The fourth-order valence-corrected chi connectivity index (χ4v) is 3.22. The first-order chi connectivity index (χ1) is 14.5. The molecule has 2 N–H and O–H groups in total. The minimum absolute atomic E-state index is 0.00486. The van der Waals surface area contributed by atoms with E-state index in [9.17, 15) is 4.79 Å². The minimum Gasteiger partial charge on any atom is -0.495 e. The van der Waals surface area contributed by atoms with Gasteiger partial charge in [0.15, 0.2) is 5.78 Å². The zero-order valence-corrected chi connectivity index (χ0v) is 17.1. The first-order valence-corrected chi connectivity index (χ1v) is 9.51. The van der Waals surface area contributed by atoms with Crippen LogP contribution in [0.15, 0.2) is 60.9 Å². The van der Waals surface area contributed by atoms with Gasteiger partial charge in [-0.05, 0) is 37.3 Å². The number of ketones is 1. The molecule has 150 valence electrons. The van der Waals surface area contributed by atoms with E-state index in [1.165, 1.54) is 6.92 Å². The van der Waals surface area contributed by atoms with Crippen LogP contribution in [-0.2, 0) is 0 Å². The number of methoxy groups -OCH3 is 1. The van der Waals surface area contributed by atoms with E-state index in [4.69, 9.17) is 16.3 Å². The molecule has 8 heteroatoms. The van der Waals surface area contributed by atoms with Crippen LogP contribution < -0.4 is 10.1 Å². The van der Waals surface area contributed by atoms with Gasteiger partial charge in [-0.1, -0.05) is 29.8 Å². The molecule has 0 saturated carbocycles. The Bertz CT molecular complexity index is 1220. The summed E-state index contributed by atoms with van der Waals surface area (Å²) in [6.45, 7) is 1.53. The fourth-order valence-electron chi connectivity index (χ4n) is 3.03. The highest BCUT2D eigenvalue weighted by atomic mass is 35.5. The van der Waals surface area contributed by atoms with E-state index in [2.05, 4.69) is 25.5 Å². The van der Waals surface area contributed by atoms with Gasteiger partial charge in [0.05, 0.1) is 29.7 Å². The number of halogens is 1. The van der Waals surface area contributed by atoms with E-state index < -0.39 is 0 Å². The molecule has 0 bridgehead atoms. The van der Waals surface area contributed by atoms with Crippen molar-refractivity contribution in [3.63, 3.8) is 0 Å². The molecule has 0 aliphatic carbocycles. The molecule has 4 rings (SSSR count). The zero-order chi connectivity index (χ0) is 21.1. The summed E-state index contributed by atoms with van der Waals surface area (Å²) in [6, 6.07) is 14.5. The largest absolute Gasteiger partial charge is 0.495 e. The Labute approximate surface area is 178 Å². The van der Waals surface area contributed by atoms with E-state index in [1.807, 2.05) is 24.3 Å². The molecule has 0 saturated heterocycles. The second kappa shape index (κ2) is 8.34. The van der Waals surface area contributed by atoms with Crippen molar-refractivity contribution in [3.8, 4) is 28.3 Å². The molecule has 7 nitrogen and oxygen atoms in total. The van der Waals surface area contributed by atoms with E-state index in [1.54, 1.807) is 43.8 Å². The summed E-state index contributed by atoms with van der Waals surface area (Å²) in [4.78, 5) is 20.5. The van der Waals surface area contributed by atoms with E-state index in [-0.39, 0.29) is 5.78 Å². The summed E-state index contributed by atoms with van der Waals surface area (Å²) in [5, 5.41) is 10.9. The fraction of sp³-hybridized carbons (Fsp3) is 0.0909. The van der Waals surface area contributed by atoms with Crippen molar-refractivity contribution in [2.45, 2.75) is 6.92 Å². The number of aromatic nitrogens is 4. The van der Waals surface area contributed by atoms with Gasteiger partial charge >= 0.3 is 0 Å². The Morgan fingerprint density at radius 1 is 1.17 bits per heavy atom. The molecule has 0 aliphatic rings. The molecular formula is C22H18ClN5O2. The van der Waals surface area contributed by atoms with Crippen molar-refractivity contribution in [2.24, 2.45) is 0 Å². The summed E-state index contributed by atoms with van der Waals surface area (Å²) in [5.41, 5.74) is 4.49. The van der Waals surface area contributed by atoms with Crippen LogP contribution in [0.3, 0.4) is 0 Å². The maximum atomic E-state index is 11.6. The van der Waals surface area contributed by atoms with Crippen molar-refractivity contribution in [1.29, 1.82) is 0 Å². The maximum Gasteiger partial charge on any atom is 0.227 e. The molecule has 0 unspecified atom stereocenters. The molecule has 2 heterocycles. The molecule has 0 radical (unpaired) electrons. The predicted octanol–water partition coefficient (Wildman–Crippen LogP) is 5.14. The number of benzene rings is 2. The third-order valence-corrected chi connectivity index (χ3v) is 4.85. The average Bonchev–Trinajstić information content (AvgIpc) is 3.24. The number of nitrogens with zero attached hydrogens (tertiary/aromatic N) is 3. The SMILES string of the molecule is COc1cc(-c2[nH]ncc2-c2ccnc(Nc3cccc(C(C)=O)c3)n2)ccc1Cl. The lowest BCUT2D eigenvalue weighted by Crippen LogP contribution is -2.00. The lowest BCUT2D eigenvalue weighted by Gasteiger charge is -2.09. The smallest absolute Gasteiger partial charge is 0.227 e. The molecule has 0 spiro atoms. The van der Waals surface area contributed by atoms with Gasteiger partial charge in [-0.15, -0.1) is 0 Å². The van der Waals surface area contributed by atoms with Gasteiger partial charge in [0, 0.05) is 28.6 Å². The van der Waals surface area contributed by atoms with Crippen molar-refractivity contribution < 1.29 is 9.53 Å². The van der Waals surface area contributed by atoms with Crippen LogP contribution in [0, 0.1) is 0 Å². The summed E-state index contributed by atoms with van der Waals surface area (Å²) in [5.74, 6) is 0.980. The second-order valence-electron chi connectivity index (χ2n) is 6.54. The molecular weight excluding hydrogens is 402 g/mol. The molecule has 4 aromatic rings. The monoisotopic (exact) mass is 419 g/mol. The first-order valence-electron chi connectivity index (χ1n) is 9.14. The number of carbonyl (C=O) groups is 1. The van der Waals surface area contributed by atoms with Gasteiger partial charge in [-0.3, -0.25) is 9.89 Å². The minimum atomic E-state index is -0.00486. The number of Topliss-reactive ketones (excluding diaryl/α,β-unsaturated/α-hetero) is 1. The van der Waals surface area contributed by atoms with Crippen LogP contribution in [0.25, 0.3) is 22.5 Å². The van der Waals surface area contributed by atoms with Crippen LogP contribution in [0.4, 0.5) is 11.6 Å². The van der Waals surface area contributed by atoms with Crippen molar-refractivity contribution in [2.75, 3.05) is 12.4 Å². The number of H-pyrrole nitrogens is 1. The van der Waals surface area contributed by atoms with Gasteiger partial charge in [0.25, 0.3) is 0 Å². The normalized spacial score (nSPS) is 10.6. The van der Waals surface area contributed by atoms with E-state index >= 15 is 0 Å². The topological polar surface area (TPSA) is 92.8 Å².